The van der Waals surface area contributed by atoms with Crippen LogP contribution < -0.4 is 0 Å². The number of nitrogens with zero attached hydrogens (tertiary/aromatic N) is 4. The molecule has 14 heteroatoms. The van der Waals surface area contributed by atoms with Gasteiger partial charge in [-0.15, -0.1) is 23.5 Å². The molecule has 57 heavy (non-hydrogen) atoms. The van der Waals surface area contributed by atoms with Gasteiger partial charge in [-0.2, -0.15) is 8.61 Å². The first-order valence-electron chi connectivity index (χ1n) is 18.8. The Morgan fingerprint density at radius 3 is 1.26 bits per heavy atom. The maximum atomic E-state index is 14.6. The van der Waals surface area contributed by atoms with Crippen LogP contribution in [0.2, 0.25) is 0 Å². The third-order valence-electron chi connectivity index (χ3n) is 9.92. The fourth-order valence-corrected chi connectivity index (χ4v) is 11.7. The summed E-state index contributed by atoms with van der Waals surface area (Å²) in [4.78, 5) is 1.88. The van der Waals surface area contributed by atoms with Crippen molar-refractivity contribution in [1.29, 1.82) is 0 Å². The van der Waals surface area contributed by atoms with Gasteiger partial charge in [0, 0.05) is 58.6 Å². The molecule has 0 atom stereocenters. The topological polar surface area (TPSA) is 140 Å². The van der Waals surface area contributed by atoms with E-state index in [4.69, 9.17) is 0 Å². The Morgan fingerprint density at radius 1 is 0.596 bits per heavy atom. The molecular weight excluding hydrogens is 797 g/mol. The molecular formula is C43H54N4O6S4. The number of hydrogen-bond donors (Lipinski definition) is 2. The van der Waals surface area contributed by atoms with E-state index in [1.165, 1.54) is 21.0 Å². The minimum atomic E-state index is -4.07. The van der Waals surface area contributed by atoms with Crippen molar-refractivity contribution in [3.63, 3.8) is 0 Å². The van der Waals surface area contributed by atoms with Crippen LogP contribution in [0, 0.1) is 13.8 Å². The maximum Gasteiger partial charge on any atom is 0.243 e. The first-order chi connectivity index (χ1) is 26.7. The molecule has 0 radical (unpaired) electrons. The monoisotopic (exact) mass is 850 g/mol. The van der Waals surface area contributed by atoms with Gasteiger partial charge in [0.2, 0.25) is 20.0 Å². The van der Waals surface area contributed by atoms with Crippen molar-refractivity contribution < 1.29 is 27.3 Å². The zero-order valence-corrected chi connectivity index (χ0v) is 37.2. The molecule has 10 nitrogen and oxygen atoms in total. The average Bonchev–Trinajstić information content (AvgIpc) is 3.13. The fraction of sp³-hybridized carbons (Fsp3) is 0.395. The quantitative estimate of drug-likeness (QED) is 0.111. The van der Waals surface area contributed by atoms with E-state index in [0.717, 1.165) is 43.2 Å². The number of rotatable bonds is 6. The molecule has 4 aromatic rings. The Labute approximate surface area is 347 Å². The van der Waals surface area contributed by atoms with Crippen molar-refractivity contribution >= 4 is 56.0 Å². The first kappa shape index (κ1) is 44.4. The third-order valence-corrected chi connectivity index (χ3v) is 16.3. The van der Waals surface area contributed by atoms with Crippen LogP contribution >= 0.6 is 23.5 Å². The number of fused-ring (bicyclic) bond motifs is 2. The van der Waals surface area contributed by atoms with Crippen LogP contribution in [0.25, 0.3) is 0 Å². The minimum Gasteiger partial charge on any atom is -0.411 e. The van der Waals surface area contributed by atoms with E-state index in [1.54, 1.807) is 72.1 Å². The van der Waals surface area contributed by atoms with Crippen LogP contribution in [0.1, 0.15) is 92.5 Å². The summed E-state index contributed by atoms with van der Waals surface area (Å²) < 4.78 is 61.3. The molecule has 1 aliphatic rings. The van der Waals surface area contributed by atoms with E-state index in [1.807, 2.05) is 38.1 Å². The van der Waals surface area contributed by atoms with Gasteiger partial charge in [0.05, 0.1) is 22.2 Å². The summed E-state index contributed by atoms with van der Waals surface area (Å²) >= 11 is 3.09. The zero-order chi connectivity index (χ0) is 41.8. The molecule has 0 aliphatic carbocycles. The van der Waals surface area contributed by atoms with Crippen LogP contribution in [0.3, 0.4) is 0 Å². The highest BCUT2D eigenvalue weighted by Gasteiger charge is 2.31. The summed E-state index contributed by atoms with van der Waals surface area (Å²) in [6.45, 7) is 16.3. The standard InChI is InChI=1S/C43H54N4O6S4/c1-30-10-14-38(15-11-30)56(50,51)46-18-9-19-47(57(52,53)39-16-12-31(2)13-17-39)29-35-25-37(43(6,7)8)23-33(27-45-49)41(35)55-21-20-54-40-32(26-44-48)22-36(42(3,4)5)24-34(40)28-46/h10-17,22-27,48-49H,9,18-21,28-29H2,1-8H3/b44-26+,45-27+. The molecule has 0 unspecified atom stereocenters. The molecule has 4 aromatic carbocycles. The van der Waals surface area contributed by atoms with Crippen molar-refractivity contribution in [2.24, 2.45) is 10.3 Å². The molecule has 0 amide bonds. The van der Waals surface area contributed by atoms with Crippen LogP contribution in [0.4, 0.5) is 0 Å². The Hall–Kier alpha value is -3.66. The fourth-order valence-electron chi connectivity index (χ4n) is 6.57. The predicted octanol–water partition coefficient (Wildman–Crippen LogP) is 9.18. The molecule has 306 valence electrons. The second-order valence-electron chi connectivity index (χ2n) is 16.5. The number of benzene rings is 4. The molecule has 0 aromatic heterocycles. The van der Waals surface area contributed by atoms with Crippen LogP contribution in [0.15, 0.2) is 103 Å². The molecule has 0 fully saturated rings. The van der Waals surface area contributed by atoms with Gasteiger partial charge in [0.1, 0.15) is 0 Å². The van der Waals surface area contributed by atoms with Crippen LogP contribution in [0.5, 0.6) is 0 Å². The highest BCUT2D eigenvalue weighted by Crippen LogP contribution is 2.38. The molecule has 0 saturated heterocycles. The number of oxime groups is 2. The Kier molecular flexibility index (Phi) is 14.1. The smallest absolute Gasteiger partial charge is 0.243 e. The predicted molar refractivity (Wildman–Crippen MR) is 233 cm³/mol. The van der Waals surface area contributed by atoms with E-state index < -0.39 is 20.0 Å². The molecule has 1 aliphatic heterocycles. The van der Waals surface area contributed by atoms with Gasteiger partial charge in [-0.3, -0.25) is 0 Å². The second-order valence-corrected chi connectivity index (χ2v) is 22.5. The Morgan fingerprint density at radius 2 is 0.947 bits per heavy atom. The molecule has 2 N–H and O–H groups in total. The van der Waals surface area contributed by atoms with E-state index in [2.05, 4.69) is 51.9 Å². The van der Waals surface area contributed by atoms with Crippen molar-refractivity contribution in [2.75, 3.05) is 24.6 Å². The van der Waals surface area contributed by atoms with Gasteiger partial charge >= 0.3 is 0 Å². The third kappa shape index (κ3) is 10.7. The van der Waals surface area contributed by atoms with Gasteiger partial charge < -0.3 is 10.4 Å². The van der Waals surface area contributed by atoms with Gasteiger partial charge in [-0.05, 0) is 89.8 Å². The SMILES string of the molecule is Cc1ccc(S(=O)(=O)N2CCCN(S(=O)(=O)c3ccc(C)cc3)Cc3cc(C(C)(C)C)cc(/C=N/O)c3SCCSc3c(/C=N/O)cc(C(C)(C)C)cc3C2)cc1. The van der Waals surface area contributed by atoms with Gasteiger partial charge in [0.25, 0.3) is 0 Å². The summed E-state index contributed by atoms with van der Waals surface area (Å²) in [5.41, 5.74) is 5.98. The van der Waals surface area contributed by atoms with Crippen molar-refractivity contribution in [3.05, 3.63) is 117 Å². The van der Waals surface area contributed by atoms with E-state index >= 15 is 0 Å². The lowest BCUT2D eigenvalue weighted by molar-refractivity contribution is 0.321. The molecule has 5 rings (SSSR count). The van der Waals surface area contributed by atoms with Crippen molar-refractivity contribution in [3.8, 4) is 0 Å². The van der Waals surface area contributed by atoms with E-state index in [-0.39, 0.29) is 53.2 Å². The molecule has 0 spiro atoms. The minimum absolute atomic E-state index is 0.0128. The first-order valence-corrected chi connectivity index (χ1v) is 23.7. The maximum absolute atomic E-state index is 14.6. The van der Waals surface area contributed by atoms with E-state index in [0.29, 0.717) is 22.6 Å². The van der Waals surface area contributed by atoms with Crippen molar-refractivity contribution in [2.45, 2.75) is 105 Å². The summed E-state index contributed by atoms with van der Waals surface area (Å²) in [6.07, 6.45) is 2.98. The molecule has 1 heterocycles. The Balaban J connectivity index is 1.73. The lowest BCUT2D eigenvalue weighted by Crippen LogP contribution is -2.36. The van der Waals surface area contributed by atoms with E-state index in [9.17, 15) is 27.3 Å². The summed E-state index contributed by atoms with van der Waals surface area (Å²) in [7, 11) is -8.14. The lowest BCUT2D eigenvalue weighted by atomic mass is 9.85. The highest BCUT2D eigenvalue weighted by atomic mass is 32.2. The largest absolute Gasteiger partial charge is 0.411 e. The molecule has 0 bridgehead atoms. The second kappa shape index (κ2) is 18.1. The number of sulfonamides is 2. The highest BCUT2D eigenvalue weighted by molar-refractivity contribution is 8.03. The Bertz CT molecular complexity index is 2170. The van der Waals surface area contributed by atoms with Crippen LogP contribution in [-0.2, 0) is 44.0 Å². The summed E-state index contributed by atoms with van der Waals surface area (Å²) in [6, 6.07) is 21.5. The number of aryl methyl sites for hydroxylation is 2. The normalized spacial score (nSPS) is 16.3. The molecule has 0 saturated carbocycles. The lowest BCUT2D eigenvalue weighted by Gasteiger charge is -2.28. The van der Waals surface area contributed by atoms with Crippen LogP contribution in [-0.4, -0.2) is 72.9 Å². The number of thioether (sulfide) groups is 2. The number of hydrogen-bond acceptors (Lipinski definition) is 10. The summed E-state index contributed by atoms with van der Waals surface area (Å²) in [5.74, 6) is 1.15. The van der Waals surface area contributed by atoms with Crippen molar-refractivity contribution in [1.82, 2.24) is 8.61 Å². The van der Waals surface area contributed by atoms with Gasteiger partial charge in [0.15, 0.2) is 0 Å². The van der Waals surface area contributed by atoms with Gasteiger partial charge in [-0.25, -0.2) is 16.8 Å². The average molecular weight is 851 g/mol. The zero-order valence-electron chi connectivity index (χ0n) is 34.0. The summed E-state index contributed by atoms with van der Waals surface area (Å²) in [5, 5.41) is 26.4. The van der Waals surface area contributed by atoms with Gasteiger partial charge in [-0.1, -0.05) is 99.4 Å².